The van der Waals surface area contributed by atoms with Gasteiger partial charge in [0.15, 0.2) is 0 Å². The first-order chi connectivity index (χ1) is 9.43. The quantitative estimate of drug-likeness (QED) is 0.671. The second-order valence-electron chi connectivity index (χ2n) is 6.47. The van der Waals surface area contributed by atoms with Crippen molar-refractivity contribution in [1.29, 1.82) is 0 Å². The van der Waals surface area contributed by atoms with E-state index in [9.17, 15) is 4.79 Å². The van der Waals surface area contributed by atoms with Crippen molar-refractivity contribution in [3.05, 3.63) is 35.9 Å². The van der Waals surface area contributed by atoms with Crippen molar-refractivity contribution in [2.24, 2.45) is 5.41 Å². The van der Waals surface area contributed by atoms with E-state index in [-0.39, 0.29) is 17.5 Å². The molecule has 0 saturated carbocycles. The molecule has 0 spiro atoms. The van der Waals surface area contributed by atoms with E-state index in [0.717, 1.165) is 25.7 Å². The molecule has 0 aliphatic carbocycles. The van der Waals surface area contributed by atoms with Gasteiger partial charge in [-0.05, 0) is 36.7 Å². The van der Waals surface area contributed by atoms with Crippen molar-refractivity contribution < 1.29 is 9.53 Å². The zero-order chi connectivity index (χ0) is 15.0. The van der Waals surface area contributed by atoms with Crippen molar-refractivity contribution in [2.45, 2.75) is 65.9 Å². The van der Waals surface area contributed by atoms with E-state index in [1.807, 2.05) is 13.0 Å². The Balaban J connectivity index is 2.47. The van der Waals surface area contributed by atoms with E-state index in [1.54, 1.807) is 0 Å². The lowest BCUT2D eigenvalue weighted by molar-refractivity contribution is -0.155. The highest BCUT2D eigenvalue weighted by atomic mass is 16.5. The van der Waals surface area contributed by atoms with Crippen LogP contribution in [0.15, 0.2) is 30.3 Å². The fourth-order valence-electron chi connectivity index (χ4n) is 2.23. The Morgan fingerprint density at radius 2 is 1.85 bits per heavy atom. The molecular weight excluding hydrogens is 248 g/mol. The molecule has 0 unspecified atom stereocenters. The monoisotopic (exact) mass is 276 g/mol. The van der Waals surface area contributed by atoms with Crippen LogP contribution in [0.1, 0.15) is 58.9 Å². The molecule has 1 atom stereocenters. The minimum absolute atomic E-state index is 0.0000886. The summed E-state index contributed by atoms with van der Waals surface area (Å²) in [5.74, 6) is -0.0628. The lowest BCUT2D eigenvalue weighted by Gasteiger charge is -2.30. The van der Waals surface area contributed by atoms with Crippen LogP contribution in [0.3, 0.4) is 0 Å². The van der Waals surface area contributed by atoms with Crippen molar-refractivity contribution in [1.82, 2.24) is 0 Å². The summed E-state index contributed by atoms with van der Waals surface area (Å²) < 4.78 is 5.65. The van der Waals surface area contributed by atoms with Gasteiger partial charge >= 0.3 is 5.97 Å². The number of hydrogen-bond acceptors (Lipinski definition) is 2. The van der Waals surface area contributed by atoms with E-state index in [0.29, 0.717) is 6.42 Å². The largest absolute Gasteiger partial charge is 0.462 e. The predicted molar refractivity (Wildman–Crippen MR) is 83.6 cm³/mol. The second-order valence-corrected chi connectivity index (χ2v) is 6.47. The Morgan fingerprint density at radius 1 is 1.20 bits per heavy atom. The summed E-state index contributed by atoms with van der Waals surface area (Å²) in [5, 5.41) is 0. The third-order valence-corrected chi connectivity index (χ3v) is 3.47. The molecule has 1 aromatic rings. The van der Waals surface area contributed by atoms with Crippen molar-refractivity contribution >= 4 is 5.97 Å². The third kappa shape index (κ3) is 6.23. The van der Waals surface area contributed by atoms with Gasteiger partial charge in [-0.1, -0.05) is 58.0 Å². The highest BCUT2D eigenvalue weighted by Gasteiger charge is 2.27. The van der Waals surface area contributed by atoms with Crippen molar-refractivity contribution in [3.63, 3.8) is 0 Å². The Labute approximate surface area is 123 Å². The van der Waals surface area contributed by atoms with Crippen LogP contribution in [-0.2, 0) is 16.0 Å². The van der Waals surface area contributed by atoms with E-state index < -0.39 is 0 Å². The van der Waals surface area contributed by atoms with E-state index in [4.69, 9.17) is 4.74 Å². The average Bonchev–Trinajstić information content (AvgIpc) is 2.38. The third-order valence-electron chi connectivity index (χ3n) is 3.47. The molecule has 0 heterocycles. The molecule has 0 saturated heterocycles. The van der Waals surface area contributed by atoms with E-state index in [2.05, 4.69) is 45.0 Å². The van der Waals surface area contributed by atoms with Crippen LogP contribution in [0, 0.1) is 5.41 Å². The van der Waals surface area contributed by atoms with Crippen LogP contribution in [0.25, 0.3) is 0 Å². The molecule has 0 radical (unpaired) electrons. The van der Waals surface area contributed by atoms with Crippen molar-refractivity contribution in [3.8, 4) is 0 Å². The summed E-state index contributed by atoms with van der Waals surface area (Å²) in [5.41, 5.74) is 1.35. The number of carbonyl (C=O) groups excluding carboxylic acids is 1. The maximum absolute atomic E-state index is 11.7. The first kappa shape index (κ1) is 16.7. The van der Waals surface area contributed by atoms with Crippen LogP contribution in [0.2, 0.25) is 0 Å². The van der Waals surface area contributed by atoms with Gasteiger partial charge in [-0.2, -0.15) is 0 Å². The van der Waals surface area contributed by atoms with Gasteiger partial charge in [0, 0.05) is 6.42 Å². The molecule has 2 nitrogen and oxygen atoms in total. The first-order valence-electron chi connectivity index (χ1n) is 7.67. The summed E-state index contributed by atoms with van der Waals surface area (Å²) in [6.07, 6.45) is 4.38. The molecule has 2 heteroatoms. The molecule has 0 aliphatic rings. The Kier molecular flexibility index (Phi) is 6.77. The van der Waals surface area contributed by atoms with Crippen LogP contribution in [-0.4, -0.2) is 12.1 Å². The lowest BCUT2D eigenvalue weighted by Crippen LogP contribution is -2.31. The average molecular weight is 276 g/mol. The number of benzene rings is 1. The molecule has 0 aromatic heterocycles. The normalized spacial score (nSPS) is 13.0. The minimum Gasteiger partial charge on any atom is -0.462 e. The standard InChI is InChI=1S/C18H28O2/c1-5-10-17(19)20-16(18(2,3)4)14-9-13-15-11-7-6-8-12-15/h6-8,11-12,16H,5,9-10,13-14H2,1-4H3/t16-/m1/s1. The maximum atomic E-state index is 11.7. The molecule has 1 aromatic carbocycles. The van der Waals surface area contributed by atoms with Gasteiger partial charge < -0.3 is 4.74 Å². The molecule has 1 rings (SSSR count). The van der Waals surface area contributed by atoms with E-state index >= 15 is 0 Å². The van der Waals surface area contributed by atoms with Gasteiger partial charge in [-0.3, -0.25) is 4.79 Å². The molecule has 112 valence electrons. The van der Waals surface area contributed by atoms with Gasteiger partial charge in [-0.15, -0.1) is 0 Å². The highest BCUT2D eigenvalue weighted by molar-refractivity contribution is 5.69. The zero-order valence-electron chi connectivity index (χ0n) is 13.3. The van der Waals surface area contributed by atoms with Crippen LogP contribution in [0.4, 0.5) is 0 Å². The molecule has 0 bridgehead atoms. The van der Waals surface area contributed by atoms with Gasteiger partial charge in [0.1, 0.15) is 6.10 Å². The van der Waals surface area contributed by atoms with Gasteiger partial charge in [-0.25, -0.2) is 0 Å². The first-order valence-corrected chi connectivity index (χ1v) is 7.67. The zero-order valence-corrected chi connectivity index (χ0v) is 13.3. The van der Waals surface area contributed by atoms with Crippen LogP contribution < -0.4 is 0 Å². The fraction of sp³-hybridized carbons (Fsp3) is 0.611. The minimum atomic E-state index is -0.0628. The number of carbonyl (C=O) groups is 1. The van der Waals surface area contributed by atoms with Crippen molar-refractivity contribution in [2.75, 3.05) is 0 Å². The van der Waals surface area contributed by atoms with Gasteiger partial charge in [0.2, 0.25) is 0 Å². The predicted octanol–water partition coefficient (Wildman–Crippen LogP) is 4.77. The van der Waals surface area contributed by atoms with Gasteiger partial charge in [0.25, 0.3) is 0 Å². The molecule has 0 N–H and O–H groups in total. The smallest absolute Gasteiger partial charge is 0.306 e. The maximum Gasteiger partial charge on any atom is 0.306 e. The fourth-order valence-corrected chi connectivity index (χ4v) is 2.23. The number of ether oxygens (including phenoxy) is 1. The summed E-state index contributed by atoms with van der Waals surface area (Å²) in [6, 6.07) is 10.5. The SMILES string of the molecule is CCCC(=O)O[C@H](CCCc1ccccc1)C(C)(C)C. The van der Waals surface area contributed by atoms with E-state index in [1.165, 1.54) is 5.56 Å². The Bertz CT molecular complexity index is 390. The number of rotatable bonds is 7. The lowest BCUT2D eigenvalue weighted by atomic mass is 9.85. The van der Waals surface area contributed by atoms with Crippen LogP contribution in [0.5, 0.6) is 0 Å². The summed E-state index contributed by atoms with van der Waals surface area (Å²) in [6.45, 7) is 8.42. The number of esters is 1. The molecule has 0 amide bonds. The molecular formula is C18H28O2. The molecule has 20 heavy (non-hydrogen) atoms. The number of hydrogen-bond donors (Lipinski definition) is 0. The second kappa shape index (κ2) is 8.08. The summed E-state index contributed by atoms with van der Waals surface area (Å²) in [4.78, 5) is 11.7. The topological polar surface area (TPSA) is 26.3 Å². The van der Waals surface area contributed by atoms with Gasteiger partial charge in [0.05, 0.1) is 0 Å². The highest BCUT2D eigenvalue weighted by Crippen LogP contribution is 2.27. The molecule has 0 aliphatic heterocycles. The Hall–Kier alpha value is -1.31. The van der Waals surface area contributed by atoms with Crippen LogP contribution >= 0.6 is 0 Å². The number of aryl methyl sites for hydroxylation is 1. The Morgan fingerprint density at radius 3 is 2.40 bits per heavy atom. The molecule has 0 fully saturated rings. The summed E-state index contributed by atoms with van der Waals surface area (Å²) >= 11 is 0. The summed E-state index contributed by atoms with van der Waals surface area (Å²) in [7, 11) is 0.